The number of methoxy groups -OCH3 is 2. The van der Waals surface area contributed by atoms with E-state index in [0.29, 0.717) is 40.1 Å². The molecule has 0 aliphatic carbocycles. The van der Waals surface area contributed by atoms with E-state index >= 15 is 0 Å². The van der Waals surface area contributed by atoms with E-state index in [9.17, 15) is 4.79 Å². The van der Waals surface area contributed by atoms with Crippen molar-refractivity contribution in [3.63, 3.8) is 0 Å². The summed E-state index contributed by atoms with van der Waals surface area (Å²) in [6, 6.07) is 14.1. The molecule has 1 amide bonds. The van der Waals surface area contributed by atoms with Gasteiger partial charge in [-0.1, -0.05) is 16.8 Å². The van der Waals surface area contributed by atoms with Crippen molar-refractivity contribution in [1.29, 1.82) is 0 Å². The number of aromatic nitrogens is 1. The van der Waals surface area contributed by atoms with E-state index in [-0.39, 0.29) is 18.6 Å². The van der Waals surface area contributed by atoms with Crippen molar-refractivity contribution in [2.75, 3.05) is 27.4 Å². The summed E-state index contributed by atoms with van der Waals surface area (Å²) in [5.41, 5.74) is 1.91. The van der Waals surface area contributed by atoms with Crippen molar-refractivity contribution in [2.24, 2.45) is 0 Å². The Hall–Kier alpha value is -3.03. The highest BCUT2D eigenvalue weighted by molar-refractivity contribution is 6.30. The lowest BCUT2D eigenvalue weighted by Gasteiger charge is -2.24. The molecule has 32 heavy (non-hydrogen) atoms. The Kier molecular flexibility index (Phi) is 6.97. The number of benzene rings is 2. The zero-order valence-electron chi connectivity index (χ0n) is 18.0. The van der Waals surface area contributed by atoms with Crippen LogP contribution in [-0.2, 0) is 11.3 Å². The molecule has 0 bridgehead atoms. The summed E-state index contributed by atoms with van der Waals surface area (Å²) in [6.45, 7) is 1.49. The third-order valence-corrected chi connectivity index (χ3v) is 5.66. The van der Waals surface area contributed by atoms with Gasteiger partial charge in [0.05, 0.1) is 32.4 Å². The first-order chi connectivity index (χ1) is 15.6. The number of hydrogen-bond acceptors (Lipinski definition) is 6. The Morgan fingerprint density at radius 2 is 1.97 bits per heavy atom. The maximum absolute atomic E-state index is 13.2. The summed E-state index contributed by atoms with van der Waals surface area (Å²) in [5, 5.41) is 4.78. The first-order valence-corrected chi connectivity index (χ1v) is 10.8. The Bertz CT molecular complexity index is 1060. The Morgan fingerprint density at radius 1 is 1.16 bits per heavy atom. The van der Waals surface area contributed by atoms with Crippen molar-refractivity contribution in [2.45, 2.75) is 25.5 Å². The van der Waals surface area contributed by atoms with Crippen LogP contribution in [0.4, 0.5) is 0 Å². The lowest BCUT2D eigenvalue weighted by atomic mass is 10.1. The van der Waals surface area contributed by atoms with Gasteiger partial charge in [-0.3, -0.25) is 4.79 Å². The minimum atomic E-state index is -0.110. The molecule has 1 fully saturated rings. The van der Waals surface area contributed by atoms with E-state index in [1.807, 2.05) is 24.3 Å². The van der Waals surface area contributed by atoms with Crippen LogP contribution in [0.15, 0.2) is 53.1 Å². The quantitative estimate of drug-likeness (QED) is 0.483. The van der Waals surface area contributed by atoms with Gasteiger partial charge < -0.3 is 23.6 Å². The predicted octanol–water partition coefficient (Wildman–Crippen LogP) is 4.83. The molecule has 4 rings (SSSR count). The van der Waals surface area contributed by atoms with Crippen molar-refractivity contribution in [1.82, 2.24) is 10.1 Å². The molecule has 1 aliphatic heterocycles. The predicted molar refractivity (Wildman–Crippen MR) is 120 cm³/mol. The fourth-order valence-corrected chi connectivity index (χ4v) is 3.87. The molecular weight excluding hydrogens is 432 g/mol. The number of amides is 1. The van der Waals surface area contributed by atoms with Gasteiger partial charge in [-0.25, -0.2) is 0 Å². The highest BCUT2D eigenvalue weighted by Gasteiger charge is 2.25. The molecule has 8 heteroatoms. The van der Waals surface area contributed by atoms with Gasteiger partial charge in [-0.2, -0.15) is 0 Å². The fraction of sp³-hybridized carbons (Fsp3) is 0.333. The molecule has 1 aromatic heterocycles. The summed E-state index contributed by atoms with van der Waals surface area (Å²) < 4.78 is 22.1. The van der Waals surface area contributed by atoms with E-state index in [2.05, 4.69) is 5.16 Å². The average molecular weight is 457 g/mol. The number of nitrogens with zero attached hydrogens (tertiary/aromatic N) is 2. The van der Waals surface area contributed by atoms with Gasteiger partial charge in [0, 0.05) is 29.8 Å². The maximum Gasteiger partial charge on any atom is 0.254 e. The van der Waals surface area contributed by atoms with Crippen molar-refractivity contribution in [3.05, 3.63) is 64.8 Å². The molecule has 2 aromatic carbocycles. The third kappa shape index (κ3) is 5.06. The van der Waals surface area contributed by atoms with E-state index < -0.39 is 0 Å². The Labute approximate surface area is 191 Å². The maximum atomic E-state index is 13.2. The van der Waals surface area contributed by atoms with E-state index in [1.54, 1.807) is 43.4 Å². The van der Waals surface area contributed by atoms with Crippen LogP contribution in [0.3, 0.4) is 0 Å². The number of carbonyl (C=O) groups is 1. The molecule has 0 saturated carbocycles. The Balaban J connectivity index is 1.58. The van der Waals surface area contributed by atoms with Gasteiger partial charge in [0.2, 0.25) is 0 Å². The number of ether oxygens (including phenoxy) is 3. The van der Waals surface area contributed by atoms with Gasteiger partial charge >= 0.3 is 0 Å². The first kappa shape index (κ1) is 22.2. The normalized spacial score (nSPS) is 15.5. The lowest BCUT2D eigenvalue weighted by Crippen LogP contribution is -2.37. The van der Waals surface area contributed by atoms with Crippen LogP contribution in [-0.4, -0.2) is 49.4 Å². The molecule has 1 aliphatic rings. The molecule has 2 heterocycles. The van der Waals surface area contributed by atoms with E-state index in [1.165, 1.54) is 0 Å². The van der Waals surface area contributed by atoms with Crippen molar-refractivity contribution >= 4 is 17.5 Å². The standard InChI is InChI=1S/C24H25ClN2O5/c1-29-19-9-10-22(30-2)21(13-19)23-12-18(26-32-23)14-27(15-20-4-3-11-31-20)24(28)16-5-7-17(25)8-6-16/h5-10,12-13,20H,3-4,11,14-15H2,1-2H3. The lowest BCUT2D eigenvalue weighted by molar-refractivity contribution is 0.0502. The second-order valence-corrected chi connectivity index (χ2v) is 8.01. The highest BCUT2D eigenvalue weighted by Crippen LogP contribution is 2.34. The first-order valence-electron chi connectivity index (χ1n) is 10.4. The molecule has 1 saturated heterocycles. The van der Waals surface area contributed by atoms with Crippen LogP contribution in [0.2, 0.25) is 5.02 Å². The summed E-state index contributed by atoms with van der Waals surface area (Å²) in [6.07, 6.45) is 1.93. The zero-order valence-corrected chi connectivity index (χ0v) is 18.8. The fourth-order valence-electron chi connectivity index (χ4n) is 3.74. The minimum absolute atomic E-state index is 0.0103. The van der Waals surface area contributed by atoms with Gasteiger partial charge in [-0.05, 0) is 55.3 Å². The van der Waals surface area contributed by atoms with Crippen LogP contribution in [0.25, 0.3) is 11.3 Å². The van der Waals surface area contributed by atoms with Gasteiger partial charge in [0.15, 0.2) is 5.76 Å². The molecule has 1 atom stereocenters. The molecule has 0 radical (unpaired) electrons. The molecule has 1 unspecified atom stereocenters. The van der Waals surface area contributed by atoms with Crippen LogP contribution in [0.1, 0.15) is 28.9 Å². The summed E-state index contributed by atoms with van der Waals surface area (Å²) in [7, 11) is 3.19. The molecule has 7 nitrogen and oxygen atoms in total. The third-order valence-electron chi connectivity index (χ3n) is 5.41. The second kappa shape index (κ2) is 10.1. The second-order valence-electron chi connectivity index (χ2n) is 7.58. The number of halogens is 1. The molecule has 168 valence electrons. The molecule has 0 spiro atoms. The largest absolute Gasteiger partial charge is 0.497 e. The minimum Gasteiger partial charge on any atom is -0.497 e. The SMILES string of the molecule is COc1ccc(OC)c(-c2cc(CN(CC3CCCO3)C(=O)c3ccc(Cl)cc3)no2)c1. The number of hydrogen-bond donors (Lipinski definition) is 0. The van der Waals surface area contributed by atoms with Crippen molar-refractivity contribution in [3.8, 4) is 22.8 Å². The van der Waals surface area contributed by atoms with Gasteiger partial charge in [0.1, 0.15) is 17.2 Å². The zero-order chi connectivity index (χ0) is 22.5. The highest BCUT2D eigenvalue weighted by atomic mass is 35.5. The average Bonchev–Trinajstić information content (AvgIpc) is 3.50. The van der Waals surface area contributed by atoms with E-state index in [4.69, 9.17) is 30.3 Å². The molecule has 0 N–H and O–H groups in total. The van der Waals surface area contributed by atoms with Crippen LogP contribution in [0, 0.1) is 0 Å². The summed E-state index contributed by atoms with van der Waals surface area (Å²) >= 11 is 5.98. The van der Waals surface area contributed by atoms with Crippen LogP contribution < -0.4 is 9.47 Å². The smallest absolute Gasteiger partial charge is 0.254 e. The van der Waals surface area contributed by atoms with Gasteiger partial charge in [0.25, 0.3) is 5.91 Å². The summed E-state index contributed by atoms with van der Waals surface area (Å²) in [5.74, 6) is 1.74. The van der Waals surface area contributed by atoms with Crippen LogP contribution >= 0.6 is 11.6 Å². The van der Waals surface area contributed by atoms with Gasteiger partial charge in [-0.15, -0.1) is 0 Å². The molecular formula is C24H25ClN2O5. The topological polar surface area (TPSA) is 74.0 Å². The monoisotopic (exact) mass is 456 g/mol. The van der Waals surface area contributed by atoms with Crippen molar-refractivity contribution < 1.29 is 23.5 Å². The molecule has 3 aromatic rings. The van der Waals surface area contributed by atoms with E-state index in [0.717, 1.165) is 25.0 Å². The number of rotatable bonds is 8. The summed E-state index contributed by atoms with van der Waals surface area (Å²) in [4.78, 5) is 15.0. The number of carbonyl (C=O) groups excluding carboxylic acids is 1. The Morgan fingerprint density at radius 3 is 2.66 bits per heavy atom. The van der Waals surface area contributed by atoms with Crippen LogP contribution in [0.5, 0.6) is 11.5 Å².